The third-order valence-corrected chi connectivity index (χ3v) is 6.03. The molecule has 0 radical (unpaired) electrons. The van der Waals surface area contributed by atoms with Crippen molar-refractivity contribution in [1.29, 1.82) is 0 Å². The third kappa shape index (κ3) is 3.69. The lowest BCUT2D eigenvalue weighted by Gasteiger charge is -2.27. The van der Waals surface area contributed by atoms with E-state index < -0.39 is 0 Å². The molecule has 3 aliphatic rings. The predicted octanol–water partition coefficient (Wildman–Crippen LogP) is 4.13. The fourth-order valence-corrected chi connectivity index (χ4v) is 5.03. The highest BCUT2D eigenvalue weighted by Gasteiger charge is 2.46. The highest BCUT2D eigenvalue weighted by Crippen LogP contribution is 2.45. The Kier molecular flexibility index (Phi) is 6.40. The van der Waals surface area contributed by atoms with Crippen molar-refractivity contribution in [3.63, 3.8) is 0 Å². The third-order valence-electron chi connectivity index (χ3n) is 6.03. The lowest BCUT2D eigenvalue weighted by Crippen LogP contribution is -2.29. The fraction of sp³-hybridized carbons (Fsp3) is 0.429. The van der Waals surface area contributed by atoms with Crippen molar-refractivity contribution in [2.75, 3.05) is 33.5 Å². The van der Waals surface area contributed by atoms with Crippen LogP contribution in [0.5, 0.6) is 11.5 Å². The van der Waals surface area contributed by atoms with Crippen molar-refractivity contribution in [2.45, 2.75) is 12.6 Å². The molecule has 2 aromatic carbocycles. The van der Waals surface area contributed by atoms with E-state index >= 15 is 0 Å². The molecule has 3 atom stereocenters. The van der Waals surface area contributed by atoms with Gasteiger partial charge in [-0.1, -0.05) is 24.3 Å². The molecule has 2 fully saturated rings. The minimum Gasteiger partial charge on any atom is -0.454 e. The molecule has 0 aliphatic carbocycles. The van der Waals surface area contributed by atoms with Crippen LogP contribution >= 0.6 is 24.8 Å². The summed E-state index contributed by atoms with van der Waals surface area (Å²) >= 11 is 0. The van der Waals surface area contributed by atoms with E-state index in [1.165, 1.54) is 11.6 Å². The van der Waals surface area contributed by atoms with Gasteiger partial charge < -0.3 is 9.47 Å². The number of halogens is 3. The van der Waals surface area contributed by atoms with Crippen molar-refractivity contribution in [3.05, 3.63) is 59.4 Å². The predicted molar refractivity (Wildman–Crippen MR) is 111 cm³/mol. The molecule has 2 aromatic rings. The summed E-state index contributed by atoms with van der Waals surface area (Å²) in [6.45, 7) is 4.35. The smallest absolute Gasteiger partial charge is 0.231 e. The molecule has 2 saturated heterocycles. The number of hydrogen-bond donors (Lipinski definition) is 0. The molecule has 7 heteroatoms. The van der Waals surface area contributed by atoms with E-state index in [1.54, 1.807) is 6.07 Å². The highest BCUT2D eigenvalue weighted by molar-refractivity contribution is 5.85. The largest absolute Gasteiger partial charge is 0.454 e. The number of nitrogens with zero attached hydrogens (tertiary/aromatic N) is 2. The van der Waals surface area contributed by atoms with Gasteiger partial charge in [-0.3, -0.25) is 9.80 Å². The van der Waals surface area contributed by atoms with E-state index in [1.807, 2.05) is 18.2 Å². The SMILES string of the molecule is CN1C[C@H]2CN(Cc3cccc4c3OCO4)C[C@H]2[C@@H]1c1cccc(F)c1.Cl.Cl. The molecule has 0 amide bonds. The summed E-state index contributed by atoms with van der Waals surface area (Å²) in [4.78, 5) is 4.89. The van der Waals surface area contributed by atoms with E-state index in [2.05, 4.69) is 29.0 Å². The fourth-order valence-electron chi connectivity index (χ4n) is 5.03. The quantitative estimate of drug-likeness (QED) is 0.736. The average Bonchev–Trinajstić information content (AvgIpc) is 3.29. The first-order valence-corrected chi connectivity index (χ1v) is 9.24. The van der Waals surface area contributed by atoms with Crippen LogP contribution in [-0.2, 0) is 6.54 Å². The second kappa shape index (κ2) is 8.46. The molecular weight excluding hydrogens is 402 g/mol. The zero-order valence-corrected chi connectivity index (χ0v) is 17.3. The molecule has 28 heavy (non-hydrogen) atoms. The molecule has 0 spiro atoms. The van der Waals surface area contributed by atoms with Crippen molar-refractivity contribution in [1.82, 2.24) is 9.80 Å². The van der Waals surface area contributed by atoms with E-state index in [0.29, 0.717) is 24.7 Å². The van der Waals surface area contributed by atoms with Crippen LogP contribution in [0.1, 0.15) is 17.2 Å². The van der Waals surface area contributed by atoms with E-state index in [0.717, 1.165) is 43.2 Å². The Morgan fingerprint density at radius 2 is 1.86 bits per heavy atom. The Balaban J connectivity index is 0.00000112. The van der Waals surface area contributed by atoms with Crippen LogP contribution in [0.3, 0.4) is 0 Å². The number of hydrogen-bond acceptors (Lipinski definition) is 4. The molecule has 0 saturated carbocycles. The second-order valence-electron chi connectivity index (χ2n) is 7.71. The maximum atomic E-state index is 13.7. The van der Waals surface area contributed by atoms with Gasteiger partial charge in [-0.05, 0) is 42.6 Å². The number of benzene rings is 2. The van der Waals surface area contributed by atoms with E-state index in [4.69, 9.17) is 9.47 Å². The summed E-state index contributed by atoms with van der Waals surface area (Å²) in [5.41, 5.74) is 2.29. The summed E-state index contributed by atoms with van der Waals surface area (Å²) in [6.07, 6.45) is 0. The first kappa shape index (κ1) is 21.2. The maximum absolute atomic E-state index is 13.7. The number of likely N-dealkylation sites (tertiary alicyclic amines) is 2. The first-order valence-electron chi connectivity index (χ1n) is 9.24. The number of fused-ring (bicyclic) bond motifs is 2. The minimum atomic E-state index is -0.147. The lowest BCUT2D eigenvalue weighted by molar-refractivity contribution is 0.171. The molecule has 0 aromatic heterocycles. The molecule has 5 rings (SSSR count). The molecule has 3 heterocycles. The van der Waals surface area contributed by atoms with Gasteiger partial charge in [0.1, 0.15) is 5.82 Å². The lowest BCUT2D eigenvalue weighted by atomic mass is 9.89. The second-order valence-corrected chi connectivity index (χ2v) is 7.71. The van der Waals surface area contributed by atoms with Gasteiger partial charge in [-0.25, -0.2) is 4.39 Å². The van der Waals surface area contributed by atoms with Gasteiger partial charge in [0, 0.05) is 37.8 Å². The van der Waals surface area contributed by atoms with Gasteiger partial charge >= 0.3 is 0 Å². The van der Waals surface area contributed by atoms with Crippen molar-refractivity contribution < 1.29 is 13.9 Å². The molecule has 0 bridgehead atoms. The number of rotatable bonds is 3. The monoisotopic (exact) mass is 426 g/mol. The molecular formula is C21H25Cl2FN2O2. The van der Waals surface area contributed by atoms with Crippen molar-refractivity contribution >= 4 is 24.8 Å². The summed E-state index contributed by atoms with van der Waals surface area (Å²) in [7, 11) is 2.16. The molecule has 0 unspecified atom stereocenters. The summed E-state index contributed by atoms with van der Waals surface area (Å²) in [5, 5.41) is 0. The van der Waals surface area contributed by atoms with Gasteiger partial charge in [0.2, 0.25) is 6.79 Å². The first-order chi connectivity index (χ1) is 12.7. The topological polar surface area (TPSA) is 24.9 Å². The van der Waals surface area contributed by atoms with Crippen molar-refractivity contribution in [2.24, 2.45) is 11.8 Å². The van der Waals surface area contributed by atoms with Crippen LogP contribution in [0.4, 0.5) is 4.39 Å². The summed E-state index contributed by atoms with van der Waals surface area (Å²) < 4.78 is 24.9. The van der Waals surface area contributed by atoms with E-state index in [9.17, 15) is 4.39 Å². The van der Waals surface area contributed by atoms with Gasteiger partial charge in [0.25, 0.3) is 0 Å². The zero-order valence-electron chi connectivity index (χ0n) is 15.7. The number of ether oxygens (including phenoxy) is 2. The zero-order chi connectivity index (χ0) is 17.7. The van der Waals surface area contributed by atoms with Gasteiger partial charge in [-0.2, -0.15) is 0 Å². The Bertz CT molecular complexity index is 838. The standard InChI is InChI=1S/C21H23FN2O2.2ClH/c1-23-9-16-11-24(10-15-5-3-7-19-21(15)26-13-25-19)12-18(16)20(23)14-4-2-6-17(22)8-14;;/h2-8,16,18,20H,9-13H2,1H3;2*1H/t16-,18+,20-;;/m0../s1. The van der Waals surface area contributed by atoms with Crippen molar-refractivity contribution in [3.8, 4) is 11.5 Å². The van der Waals surface area contributed by atoms with E-state index in [-0.39, 0.29) is 30.6 Å². The Labute approximate surface area is 177 Å². The Morgan fingerprint density at radius 1 is 1.04 bits per heavy atom. The van der Waals surface area contributed by atoms with Crippen LogP contribution in [0, 0.1) is 17.7 Å². The van der Waals surface area contributed by atoms with Crippen LogP contribution < -0.4 is 9.47 Å². The average molecular weight is 427 g/mol. The van der Waals surface area contributed by atoms with Crippen LogP contribution in [-0.4, -0.2) is 43.3 Å². The summed E-state index contributed by atoms with van der Waals surface area (Å²) in [5.74, 6) is 2.76. The van der Waals surface area contributed by atoms with Crippen LogP contribution in [0.2, 0.25) is 0 Å². The molecule has 4 nitrogen and oxygen atoms in total. The Morgan fingerprint density at radius 3 is 2.68 bits per heavy atom. The molecule has 3 aliphatic heterocycles. The maximum Gasteiger partial charge on any atom is 0.231 e. The number of para-hydroxylation sites is 1. The van der Waals surface area contributed by atoms with Gasteiger partial charge in [0.15, 0.2) is 11.5 Å². The Hall–Kier alpha value is -1.53. The van der Waals surface area contributed by atoms with Crippen LogP contribution in [0.15, 0.2) is 42.5 Å². The minimum absolute atomic E-state index is 0. The highest BCUT2D eigenvalue weighted by atomic mass is 35.5. The summed E-state index contributed by atoms with van der Waals surface area (Å²) in [6, 6.07) is 13.5. The normalized spacial score (nSPS) is 25.9. The van der Waals surface area contributed by atoms with Gasteiger partial charge in [0.05, 0.1) is 0 Å². The van der Waals surface area contributed by atoms with Crippen LogP contribution in [0.25, 0.3) is 0 Å². The molecule has 152 valence electrons. The molecule has 0 N–H and O–H groups in total. The van der Waals surface area contributed by atoms with Gasteiger partial charge in [-0.15, -0.1) is 24.8 Å².